The summed E-state index contributed by atoms with van der Waals surface area (Å²) < 4.78 is 4.64. The average molecular weight is 114 g/mol. The Labute approximate surface area is 49.1 Å². The summed E-state index contributed by atoms with van der Waals surface area (Å²) in [6.07, 6.45) is 0.646. The predicted molar refractivity (Wildman–Crippen MR) is 32.1 cm³/mol. The third kappa shape index (κ3) is 3.43. The summed E-state index contributed by atoms with van der Waals surface area (Å²) in [5, 5.41) is 8.52. The zero-order chi connectivity index (χ0) is 6.57. The van der Waals surface area contributed by atoms with E-state index in [1.165, 1.54) is 13.0 Å². The zero-order valence-electron chi connectivity index (χ0n) is 4.92. The lowest BCUT2D eigenvalue weighted by Gasteiger charge is -2.05. The topological polar surface area (TPSA) is 29.5 Å². The first-order valence-electron chi connectivity index (χ1n) is 2.33. The highest BCUT2D eigenvalue weighted by atomic mass is 16.6. The van der Waals surface area contributed by atoms with Crippen LogP contribution in [0.3, 0.4) is 0 Å². The Morgan fingerprint density at radius 2 is 2.38 bits per heavy atom. The predicted octanol–water partition coefficient (Wildman–Crippen LogP) is 1.04. The summed E-state index contributed by atoms with van der Waals surface area (Å²) in [6.45, 7) is 8.30. The fourth-order valence-corrected chi connectivity index (χ4v) is 0.267. The molecule has 0 aromatic heterocycles. The summed E-state index contributed by atoms with van der Waals surface area (Å²) in [7, 11) is 0. The molecule has 8 heavy (non-hydrogen) atoms. The van der Waals surface area contributed by atoms with Crippen LogP contribution in [0.15, 0.2) is 25.0 Å². The van der Waals surface area contributed by atoms with Crippen LogP contribution >= 0.6 is 0 Å². The van der Waals surface area contributed by atoms with Crippen LogP contribution in [-0.4, -0.2) is 11.4 Å². The maximum absolute atomic E-state index is 8.52. The molecule has 0 aliphatic carbocycles. The van der Waals surface area contributed by atoms with Crippen molar-refractivity contribution in [3.63, 3.8) is 0 Å². The van der Waals surface area contributed by atoms with Gasteiger partial charge in [-0.1, -0.05) is 13.2 Å². The van der Waals surface area contributed by atoms with E-state index >= 15 is 0 Å². The summed E-state index contributed by atoms with van der Waals surface area (Å²) in [4.78, 5) is 0. The molecule has 0 aliphatic heterocycles. The highest BCUT2D eigenvalue weighted by Crippen LogP contribution is 1.96. The van der Waals surface area contributed by atoms with Gasteiger partial charge in [-0.15, -0.1) is 0 Å². The van der Waals surface area contributed by atoms with E-state index in [9.17, 15) is 0 Å². The number of hydrogen-bond acceptors (Lipinski definition) is 2. The molecule has 46 valence electrons. The molecule has 0 saturated heterocycles. The van der Waals surface area contributed by atoms with Gasteiger partial charge in [0.2, 0.25) is 0 Å². The van der Waals surface area contributed by atoms with E-state index in [-0.39, 0.29) is 0 Å². The molecule has 2 heteroatoms. The smallest absolute Gasteiger partial charge is 0.194 e. The van der Waals surface area contributed by atoms with E-state index in [4.69, 9.17) is 5.11 Å². The molecule has 0 radical (unpaired) electrons. The van der Waals surface area contributed by atoms with Crippen molar-refractivity contribution in [1.82, 2.24) is 0 Å². The molecule has 0 spiro atoms. The van der Waals surface area contributed by atoms with Gasteiger partial charge in [-0.25, -0.2) is 0 Å². The van der Waals surface area contributed by atoms with Gasteiger partial charge >= 0.3 is 0 Å². The van der Waals surface area contributed by atoms with E-state index in [0.29, 0.717) is 5.76 Å². The Bertz CT molecular complexity index is 94.7. The molecule has 1 unspecified atom stereocenters. The van der Waals surface area contributed by atoms with Crippen LogP contribution in [0.1, 0.15) is 6.92 Å². The van der Waals surface area contributed by atoms with Crippen molar-refractivity contribution >= 4 is 0 Å². The maximum Gasteiger partial charge on any atom is 0.194 e. The quantitative estimate of drug-likeness (QED) is 0.337. The molecular weight excluding hydrogens is 104 g/mol. The molecule has 0 saturated carbocycles. The highest BCUT2D eigenvalue weighted by Gasteiger charge is 1.91. The number of aliphatic hydroxyl groups is 1. The standard InChI is InChI=1S/C6H10O2/c1-4-5(2)8-6(3)7/h4,6-7H,1-2H2,3H3. The van der Waals surface area contributed by atoms with Gasteiger partial charge in [-0.2, -0.15) is 0 Å². The van der Waals surface area contributed by atoms with Crippen molar-refractivity contribution in [2.45, 2.75) is 13.2 Å². The summed E-state index contributed by atoms with van der Waals surface area (Å²) in [5.41, 5.74) is 0. The first-order chi connectivity index (χ1) is 3.66. The van der Waals surface area contributed by atoms with Crippen molar-refractivity contribution in [3.8, 4) is 0 Å². The van der Waals surface area contributed by atoms with Gasteiger partial charge in [-0.05, 0) is 13.0 Å². The molecule has 0 aliphatic rings. The SMILES string of the molecule is C=CC(=C)OC(C)O. The number of rotatable bonds is 3. The van der Waals surface area contributed by atoms with Crippen LogP contribution in [0.5, 0.6) is 0 Å². The lowest BCUT2D eigenvalue weighted by molar-refractivity contribution is -0.0443. The van der Waals surface area contributed by atoms with Crippen molar-refractivity contribution < 1.29 is 9.84 Å². The molecule has 0 amide bonds. The van der Waals surface area contributed by atoms with Gasteiger partial charge < -0.3 is 9.84 Å². The van der Waals surface area contributed by atoms with Crippen LogP contribution < -0.4 is 0 Å². The monoisotopic (exact) mass is 114 g/mol. The fraction of sp³-hybridized carbons (Fsp3) is 0.333. The van der Waals surface area contributed by atoms with Gasteiger partial charge in [-0.3, -0.25) is 0 Å². The summed E-state index contributed by atoms with van der Waals surface area (Å²) in [5.74, 6) is 0.389. The van der Waals surface area contributed by atoms with E-state index < -0.39 is 6.29 Å². The van der Waals surface area contributed by atoms with Gasteiger partial charge in [0.1, 0.15) is 5.76 Å². The Kier molecular flexibility index (Phi) is 2.96. The second-order valence-corrected chi connectivity index (χ2v) is 1.39. The number of hydrogen-bond donors (Lipinski definition) is 1. The Morgan fingerprint density at radius 3 is 2.50 bits per heavy atom. The second-order valence-electron chi connectivity index (χ2n) is 1.39. The Morgan fingerprint density at radius 1 is 1.88 bits per heavy atom. The van der Waals surface area contributed by atoms with Crippen molar-refractivity contribution in [1.29, 1.82) is 0 Å². The molecule has 0 heterocycles. The Hall–Kier alpha value is -0.760. The van der Waals surface area contributed by atoms with E-state index in [1.807, 2.05) is 0 Å². The van der Waals surface area contributed by atoms with Gasteiger partial charge in [0.25, 0.3) is 0 Å². The first-order valence-corrected chi connectivity index (χ1v) is 2.33. The molecule has 0 aromatic carbocycles. The maximum atomic E-state index is 8.52. The van der Waals surface area contributed by atoms with Crippen LogP contribution in [0.2, 0.25) is 0 Å². The molecule has 0 aromatic rings. The van der Waals surface area contributed by atoms with Crippen molar-refractivity contribution in [2.24, 2.45) is 0 Å². The molecule has 1 N–H and O–H groups in total. The number of allylic oxidation sites excluding steroid dienone is 1. The minimum Gasteiger partial charge on any atom is -0.466 e. The lowest BCUT2D eigenvalue weighted by atomic mass is 10.5. The van der Waals surface area contributed by atoms with Crippen LogP contribution in [0.4, 0.5) is 0 Å². The fourth-order valence-electron chi connectivity index (χ4n) is 0.267. The third-order valence-corrected chi connectivity index (χ3v) is 0.550. The minimum atomic E-state index is -0.791. The zero-order valence-corrected chi connectivity index (χ0v) is 4.92. The highest BCUT2D eigenvalue weighted by molar-refractivity contribution is 5.01. The summed E-state index contributed by atoms with van der Waals surface area (Å²) in [6, 6.07) is 0. The number of ether oxygens (including phenoxy) is 1. The summed E-state index contributed by atoms with van der Waals surface area (Å²) >= 11 is 0. The van der Waals surface area contributed by atoms with Crippen LogP contribution in [-0.2, 0) is 4.74 Å². The first kappa shape index (κ1) is 7.24. The molecule has 1 atom stereocenters. The van der Waals surface area contributed by atoms with Crippen LogP contribution in [0.25, 0.3) is 0 Å². The van der Waals surface area contributed by atoms with Gasteiger partial charge in [0.15, 0.2) is 6.29 Å². The molecule has 0 fully saturated rings. The van der Waals surface area contributed by atoms with Crippen molar-refractivity contribution in [2.75, 3.05) is 0 Å². The Balaban J connectivity index is 3.39. The second kappa shape index (κ2) is 3.27. The van der Waals surface area contributed by atoms with Gasteiger partial charge in [0.05, 0.1) is 0 Å². The van der Waals surface area contributed by atoms with Gasteiger partial charge in [0, 0.05) is 0 Å². The normalized spacial score (nSPS) is 12.2. The number of aliphatic hydroxyl groups excluding tert-OH is 1. The average Bonchev–Trinajstić information content (AvgIpc) is 1.65. The lowest BCUT2D eigenvalue weighted by Crippen LogP contribution is -2.03. The van der Waals surface area contributed by atoms with E-state index in [1.54, 1.807) is 0 Å². The molecular formula is C6H10O2. The van der Waals surface area contributed by atoms with Crippen LogP contribution in [0, 0.1) is 0 Å². The minimum absolute atomic E-state index is 0.389. The largest absolute Gasteiger partial charge is 0.466 e. The van der Waals surface area contributed by atoms with E-state index in [2.05, 4.69) is 17.9 Å². The molecule has 2 nitrogen and oxygen atoms in total. The molecule has 0 rings (SSSR count). The van der Waals surface area contributed by atoms with E-state index in [0.717, 1.165) is 0 Å². The van der Waals surface area contributed by atoms with Crippen molar-refractivity contribution in [3.05, 3.63) is 25.0 Å². The molecule has 0 bridgehead atoms. The third-order valence-electron chi connectivity index (χ3n) is 0.550.